The lowest BCUT2D eigenvalue weighted by Gasteiger charge is -2.03. The van der Waals surface area contributed by atoms with E-state index >= 15 is 0 Å². The summed E-state index contributed by atoms with van der Waals surface area (Å²) in [4.78, 5) is 0. The highest BCUT2D eigenvalue weighted by Gasteiger charge is 1.92. The molecule has 5 N–H and O–H groups in total. The van der Waals surface area contributed by atoms with Gasteiger partial charge < -0.3 is 15.5 Å². The van der Waals surface area contributed by atoms with Crippen molar-refractivity contribution >= 4 is 5.84 Å². The Labute approximate surface area is 71.6 Å². The van der Waals surface area contributed by atoms with Gasteiger partial charge in [-0.05, 0) is 19.2 Å². The molecule has 0 aromatic carbocycles. The van der Waals surface area contributed by atoms with Gasteiger partial charge in [0, 0.05) is 6.54 Å². The number of hydrogen-bond acceptors (Lipinski definition) is 4. The van der Waals surface area contributed by atoms with Crippen LogP contribution in [-0.4, -0.2) is 42.5 Å². The lowest BCUT2D eigenvalue weighted by molar-refractivity contribution is 0.195. The molecule has 1 unspecified atom stereocenters. The van der Waals surface area contributed by atoms with Crippen LogP contribution in [0.25, 0.3) is 0 Å². The molecule has 0 fully saturated rings. The van der Waals surface area contributed by atoms with E-state index in [1.807, 2.05) is 0 Å². The Balaban J connectivity index is 3.60. The number of aliphatic hydroxyl groups excluding tert-OH is 2. The summed E-state index contributed by atoms with van der Waals surface area (Å²) in [6, 6.07) is 0. The molecule has 0 aliphatic rings. The fourth-order valence-electron chi connectivity index (χ4n) is 0.533. The van der Waals surface area contributed by atoms with Crippen LogP contribution in [0.2, 0.25) is 0 Å². The molecule has 5 nitrogen and oxygen atoms in total. The number of hydrogen-bond donors (Lipinski definition) is 5. The zero-order valence-electron chi connectivity index (χ0n) is 7.04. The van der Waals surface area contributed by atoms with Crippen LogP contribution < -0.4 is 10.6 Å². The lowest BCUT2D eigenvalue weighted by Crippen LogP contribution is -2.26. The quantitative estimate of drug-likeness (QED) is 0.202. The van der Waals surface area contributed by atoms with E-state index < -0.39 is 6.23 Å². The molecule has 0 saturated heterocycles. The Bertz CT molecular complexity index is 159. The number of likely N-dealkylation sites (N-methyl/N-ethyl adjacent to an activating group) is 1. The van der Waals surface area contributed by atoms with Crippen LogP contribution in [0.1, 0.15) is 0 Å². The maximum atomic E-state index is 8.96. The number of nitrogens with one attached hydrogen (secondary N) is 3. The number of aliphatic hydroxyl groups is 2. The molecule has 0 radical (unpaired) electrons. The molecule has 70 valence electrons. The van der Waals surface area contributed by atoms with Gasteiger partial charge in [-0.25, -0.2) is 0 Å². The summed E-state index contributed by atoms with van der Waals surface area (Å²) in [7, 11) is 1.61. The van der Waals surface area contributed by atoms with E-state index in [-0.39, 0.29) is 12.4 Å². The largest absolute Gasteiger partial charge is 0.395 e. The highest BCUT2D eigenvalue weighted by Crippen LogP contribution is 1.79. The Hall–Kier alpha value is -0.910. The highest BCUT2D eigenvalue weighted by molar-refractivity contribution is 5.90. The van der Waals surface area contributed by atoms with Crippen LogP contribution in [0.5, 0.6) is 0 Å². The van der Waals surface area contributed by atoms with Crippen molar-refractivity contribution in [3.63, 3.8) is 0 Å². The monoisotopic (exact) mass is 173 g/mol. The molecule has 0 spiro atoms. The second kappa shape index (κ2) is 6.78. The van der Waals surface area contributed by atoms with Crippen molar-refractivity contribution in [2.75, 3.05) is 20.2 Å². The zero-order chi connectivity index (χ0) is 9.40. The van der Waals surface area contributed by atoms with E-state index in [1.54, 1.807) is 7.05 Å². The van der Waals surface area contributed by atoms with E-state index in [9.17, 15) is 0 Å². The predicted octanol–water partition coefficient (Wildman–Crippen LogP) is -1.36. The predicted molar refractivity (Wildman–Crippen MR) is 47.0 cm³/mol. The second-order valence-electron chi connectivity index (χ2n) is 2.16. The third-order valence-corrected chi connectivity index (χ3v) is 1.17. The fraction of sp³-hybridized carbons (Fsp3) is 0.571. The molecule has 0 aromatic rings. The van der Waals surface area contributed by atoms with E-state index in [2.05, 4.69) is 10.6 Å². The molecule has 12 heavy (non-hydrogen) atoms. The van der Waals surface area contributed by atoms with E-state index in [4.69, 9.17) is 15.6 Å². The SMILES string of the molecule is CNC(O)/C=C/C(=N)NCCO. The maximum Gasteiger partial charge on any atom is 0.124 e. The summed E-state index contributed by atoms with van der Waals surface area (Å²) < 4.78 is 0. The molecule has 0 aliphatic carbocycles. The van der Waals surface area contributed by atoms with Gasteiger partial charge in [-0.2, -0.15) is 0 Å². The molecule has 5 heteroatoms. The average Bonchev–Trinajstić information content (AvgIpc) is 2.10. The van der Waals surface area contributed by atoms with Crippen molar-refractivity contribution < 1.29 is 10.2 Å². The van der Waals surface area contributed by atoms with Crippen LogP contribution in [0.4, 0.5) is 0 Å². The van der Waals surface area contributed by atoms with Crippen molar-refractivity contribution in [1.29, 1.82) is 5.41 Å². The smallest absolute Gasteiger partial charge is 0.124 e. The minimum absolute atomic E-state index is 0.00913. The zero-order valence-corrected chi connectivity index (χ0v) is 7.04. The minimum Gasteiger partial charge on any atom is -0.395 e. The van der Waals surface area contributed by atoms with Crippen molar-refractivity contribution in [1.82, 2.24) is 10.6 Å². The number of rotatable bonds is 5. The van der Waals surface area contributed by atoms with Crippen LogP contribution in [-0.2, 0) is 0 Å². The summed E-state index contributed by atoms with van der Waals surface area (Å²) >= 11 is 0. The molecular weight excluding hydrogens is 158 g/mol. The first-order chi connectivity index (χ1) is 5.70. The molecular formula is C7H15N3O2. The van der Waals surface area contributed by atoms with Gasteiger partial charge in [0.1, 0.15) is 12.1 Å². The van der Waals surface area contributed by atoms with Gasteiger partial charge in [0.15, 0.2) is 0 Å². The highest BCUT2D eigenvalue weighted by atomic mass is 16.3. The molecule has 0 bridgehead atoms. The summed E-state index contributed by atoms with van der Waals surface area (Å²) in [6.45, 7) is 0.337. The minimum atomic E-state index is -0.735. The Kier molecular flexibility index (Phi) is 6.26. The molecule has 1 atom stereocenters. The Morgan fingerprint density at radius 1 is 1.67 bits per heavy atom. The molecule has 0 aliphatic heterocycles. The van der Waals surface area contributed by atoms with Gasteiger partial charge in [-0.3, -0.25) is 10.7 Å². The molecule has 0 rings (SSSR count). The average molecular weight is 173 g/mol. The summed E-state index contributed by atoms with van der Waals surface area (Å²) in [5.74, 6) is 0.165. The van der Waals surface area contributed by atoms with E-state index in [1.165, 1.54) is 12.2 Å². The Morgan fingerprint density at radius 3 is 2.83 bits per heavy atom. The number of amidine groups is 1. The first-order valence-corrected chi connectivity index (χ1v) is 3.67. The van der Waals surface area contributed by atoms with Gasteiger partial charge >= 0.3 is 0 Å². The fourth-order valence-corrected chi connectivity index (χ4v) is 0.533. The molecule has 0 aromatic heterocycles. The van der Waals surface area contributed by atoms with Gasteiger partial charge in [0.2, 0.25) is 0 Å². The van der Waals surface area contributed by atoms with Crippen LogP contribution in [0.3, 0.4) is 0 Å². The maximum absolute atomic E-state index is 8.96. The van der Waals surface area contributed by atoms with E-state index in [0.717, 1.165) is 0 Å². The van der Waals surface area contributed by atoms with E-state index in [0.29, 0.717) is 6.54 Å². The van der Waals surface area contributed by atoms with Crippen molar-refractivity contribution in [3.05, 3.63) is 12.2 Å². The first-order valence-electron chi connectivity index (χ1n) is 3.67. The lowest BCUT2D eigenvalue weighted by atomic mass is 10.4. The summed E-state index contributed by atoms with van der Waals surface area (Å²) in [5, 5.41) is 29.8. The van der Waals surface area contributed by atoms with Crippen LogP contribution in [0, 0.1) is 5.41 Å². The topological polar surface area (TPSA) is 88.4 Å². The molecule has 0 saturated carbocycles. The summed E-state index contributed by atoms with van der Waals surface area (Å²) in [5.41, 5.74) is 0. The van der Waals surface area contributed by atoms with Gasteiger partial charge in [0.25, 0.3) is 0 Å². The van der Waals surface area contributed by atoms with Gasteiger partial charge in [-0.1, -0.05) is 0 Å². The van der Waals surface area contributed by atoms with Crippen molar-refractivity contribution in [3.8, 4) is 0 Å². The van der Waals surface area contributed by atoms with Crippen molar-refractivity contribution in [2.24, 2.45) is 0 Å². The van der Waals surface area contributed by atoms with Gasteiger partial charge in [-0.15, -0.1) is 0 Å². The van der Waals surface area contributed by atoms with Crippen molar-refractivity contribution in [2.45, 2.75) is 6.23 Å². The Morgan fingerprint density at radius 2 is 2.33 bits per heavy atom. The van der Waals surface area contributed by atoms with Crippen LogP contribution in [0.15, 0.2) is 12.2 Å². The normalized spacial score (nSPS) is 13.2. The second-order valence-corrected chi connectivity index (χ2v) is 2.16. The van der Waals surface area contributed by atoms with Gasteiger partial charge in [0.05, 0.1) is 6.61 Å². The third kappa shape index (κ3) is 5.84. The third-order valence-electron chi connectivity index (χ3n) is 1.17. The van der Waals surface area contributed by atoms with Crippen LogP contribution >= 0.6 is 0 Å². The molecule has 0 amide bonds. The summed E-state index contributed by atoms with van der Waals surface area (Å²) in [6.07, 6.45) is 2.13. The molecule has 0 heterocycles. The first kappa shape index (κ1) is 11.1. The standard InChI is InChI=1S/C7H15N3O2/c1-9-7(12)3-2-6(8)10-4-5-11/h2-3,7,9,11-12H,4-5H2,1H3,(H2,8,10)/b3-2+.